The van der Waals surface area contributed by atoms with E-state index in [1.54, 1.807) is 0 Å². The monoisotopic (exact) mass is 167 g/mol. The summed E-state index contributed by atoms with van der Waals surface area (Å²) in [5.41, 5.74) is 0. The lowest BCUT2D eigenvalue weighted by Gasteiger charge is -1.97. The summed E-state index contributed by atoms with van der Waals surface area (Å²) in [5, 5.41) is 6.49. The predicted octanol–water partition coefficient (Wildman–Crippen LogP) is 0.247. The van der Waals surface area contributed by atoms with Crippen molar-refractivity contribution in [1.82, 2.24) is 0 Å². The molecule has 60 valence electrons. The minimum Gasteiger partial charge on any atom is -0.458 e. The van der Waals surface area contributed by atoms with Gasteiger partial charge in [-0.15, -0.1) is 12.4 Å². The molecule has 0 unspecified atom stereocenters. The highest BCUT2D eigenvalue weighted by Crippen LogP contribution is 1.75. The topological polar surface area (TPSA) is 59.4 Å². The minimum absolute atomic E-state index is 0. The van der Waals surface area contributed by atoms with Gasteiger partial charge < -0.3 is 14.9 Å². The molecule has 0 aliphatic heterocycles. The van der Waals surface area contributed by atoms with Crippen molar-refractivity contribution in [3.63, 3.8) is 0 Å². The maximum atomic E-state index is 10.4. The number of ether oxygens (including phenoxy) is 2. The van der Waals surface area contributed by atoms with E-state index in [-0.39, 0.29) is 25.6 Å². The standard InChI is InChI=1S/C5H9NO3.ClH/c1-8-4-5(7)9-3-2-6;/h2,6H,3-4H2,1H3;1H. The molecule has 0 aliphatic rings. The van der Waals surface area contributed by atoms with E-state index < -0.39 is 5.97 Å². The van der Waals surface area contributed by atoms with E-state index in [1.165, 1.54) is 7.11 Å². The van der Waals surface area contributed by atoms with Crippen molar-refractivity contribution in [3.8, 4) is 0 Å². The molecule has 0 aliphatic carbocycles. The second-order valence-corrected chi connectivity index (χ2v) is 1.32. The first-order chi connectivity index (χ1) is 4.31. The first-order valence-corrected chi connectivity index (χ1v) is 2.44. The van der Waals surface area contributed by atoms with E-state index in [4.69, 9.17) is 5.41 Å². The molecule has 4 nitrogen and oxygen atoms in total. The van der Waals surface area contributed by atoms with Crippen molar-refractivity contribution in [1.29, 1.82) is 5.41 Å². The van der Waals surface area contributed by atoms with E-state index in [1.807, 2.05) is 0 Å². The van der Waals surface area contributed by atoms with Crippen LogP contribution >= 0.6 is 12.4 Å². The molecule has 0 spiro atoms. The second kappa shape index (κ2) is 8.39. The summed E-state index contributed by atoms with van der Waals surface area (Å²) in [6, 6.07) is 0. The number of carbonyl (C=O) groups is 1. The second-order valence-electron chi connectivity index (χ2n) is 1.32. The van der Waals surface area contributed by atoms with Crippen molar-refractivity contribution < 1.29 is 14.3 Å². The van der Waals surface area contributed by atoms with E-state index in [2.05, 4.69) is 9.47 Å². The molecule has 10 heavy (non-hydrogen) atoms. The highest BCUT2D eigenvalue weighted by molar-refractivity contribution is 5.85. The zero-order chi connectivity index (χ0) is 7.11. The number of methoxy groups -OCH3 is 1. The number of rotatable bonds is 4. The molecular weight excluding hydrogens is 158 g/mol. The molecular formula is C5H10ClNO3. The van der Waals surface area contributed by atoms with Crippen molar-refractivity contribution in [2.24, 2.45) is 0 Å². The molecule has 0 atom stereocenters. The lowest BCUT2D eigenvalue weighted by atomic mass is 10.7. The normalized spacial score (nSPS) is 7.70. The van der Waals surface area contributed by atoms with Crippen LogP contribution in [0.2, 0.25) is 0 Å². The van der Waals surface area contributed by atoms with E-state index >= 15 is 0 Å². The molecule has 5 heteroatoms. The third-order valence-corrected chi connectivity index (χ3v) is 0.590. The zero-order valence-electron chi connectivity index (χ0n) is 5.62. The zero-order valence-corrected chi connectivity index (χ0v) is 6.44. The molecule has 0 heterocycles. The summed E-state index contributed by atoms with van der Waals surface area (Å²) in [7, 11) is 1.41. The Kier molecular flexibility index (Phi) is 10.2. The summed E-state index contributed by atoms with van der Waals surface area (Å²) in [6.07, 6.45) is 1.01. The van der Waals surface area contributed by atoms with Crippen LogP contribution in [0.15, 0.2) is 0 Å². The fourth-order valence-corrected chi connectivity index (χ4v) is 0.294. The summed E-state index contributed by atoms with van der Waals surface area (Å²) < 4.78 is 8.88. The van der Waals surface area contributed by atoms with Crippen molar-refractivity contribution in [3.05, 3.63) is 0 Å². The molecule has 0 saturated heterocycles. The van der Waals surface area contributed by atoms with Gasteiger partial charge in [0.15, 0.2) is 0 Å². The lowest BCUT2D eigenvalue weighted by Crippen LogP contribution is -2.11. The van der Waals surface area contributed by atoms with Gasteiger partial charge in [-0.2, -0.15) is 0 Å². The number of esters is 1. The SMILES string of the molecule is COCC(=O)OCC=N.Cl. The lowest BCUT2D eigenvalue weighted by molar-refractivity contribution is -0.146. The summed E-state index contributed by atoms with van der Waals surface area (Å²) in [6.45, 7) is -0.0178. The summed E-state index contributed by atoms with van der Waals surface area (Å²) in [4.78, 5) is 10.4. The van der Waals surface area contributed by atoms with Crippen LogP contribution in [0, 0.1) is 5.41 Å². The van der Waals surface area contributed by atoms with Gasteiger partial charge in [-0.3, -0.25) is 0 Å². The number of nitrogens with one attached hydrogen (secondary N) is 1. The Bertz CT molecular complexity index is 107. The minimum atomic E-state index is -0.444. The largest absolute Gasteiger partial charge is 0.458 e. The third-order valence-electron chi connectivity index (χ3n) is 0.590. The molecule has 0 aromatic carbocycles. The van der Waals surface area contributed by atoms with Gasteiger partial charge in [-0.1, -0.05) is 0 Å². The average Bonchev–Trinajstić information content (AvgIpc) is 1.85. The molecule has 0 amide bonds. The fourth-order valence-electron chi connectivity index (χ4n) is 0.294. The Hall–Kier alpha value is -0.610. The maximum absolute atomic E-state index is 10.4. The van der Waals surface area contributed by atoms with Crippen LogP contribution in [0.1, 0.15) is 0 Å². The molecule has 0 aromatic heterocycles. The molecule has 0 radical (unpaired) electrons. The van der Waals surface area contributed by atoms with Gasteiger partial charge in [-0.05, 0) is 0 Å². The van der Waals surface area contributed by atoms with Crippen LogP contribution in [0.3, 0.4) is 0 Å². The first-order valence-electron chi connectivity index (χ1n) is 2.44. The number of carbonyl (C=O) groups excluding carboxylic acids is 1. The average molecular weight is 168 g/mol. The van der Waals surface area contributed by atoms with Crippen molar-refractivity contribution in [2.75, 3.05) is 20.3 Å². The van der Waals surface area contributed by atoms with Crippen LogP contribution in [0.25, 0.3) is 0 Å². The molecule has 0 fully saturated rings. The quantitative estimate of drug-likeness (QED) is 0.482. The van der Waals surface area contributed by atoms with Gasteiger partial charge in [0.1, 0.15) is 13.2 Å². The van der Waals surface area contributed by atoms with Gasteiger partial charge in [0.05, 0.1) is 0 Å². The van der Waals surface area contributed by atoms with Gasteiger partial charge in [0, 0.05) is 13.3 Å². The van der Waals surface area contributed by atoms with Crippen LogP contribution in [-0.2, 0) is 14.3 Å². The van der Waals surface area contributed by atoms with E-state index in [0.717, 1.165) is 6.21 Å². The van der Waals surface area contributed by atoms with E-state index in [9.17, 15) is 4.79 Å². The number of hydrogen-bond donors (Lipinski definition) is 1. The Morgan fingerprint density at radius 3 is 2.70 bits per heavy atom. The molecule has 0 saturated carbocycles. The van der Waals surface area contributed by atoms with Crippen LogP contribution in [0.5, 0.6) is 0 Å². The Balaban J connectivity index is 0. The van der Waals surface area contributed by atoms with Gasteiger partial charge in [-0.25, -0.2) is 4.79 Å². The highest BCUT2D eigenvalue weighted by atomic mass is 35.5. The Labute approximate surface area is 65.4 Å². The number of hydrogen-bond acceptors (Lipinski definition) is 4. The molecule has 0 bridgehead atoms. The van der Waals surface area contributed by atoms with Crippen LogP contribution < -0.4 is 0 Å². The highest BCUT2D eigenvalue weighted by Gasteiger charge is 1.97. The Morgan fingerprint density at radius 1 is 1.70 bits per heavy atom. The summed E-state index contributed by atoms with van der Waals surface area (Å²) in [5.74, 6) is -0.444. The third kappa shape index (κ3) is 7.39. The Morgan fingerprint density at radius 2 is 2.30 bits per heavy atom. The van der Waals surface area contributed by atoms with Crippen LogP contribution in [-0.4, -0.2) is 32.5 Å². The number of halogens is 1. The molecule has 1 N–H and O–H groups in total. The smallest absolute Gasteiger partial charge is 0.332 e. The molecule has 0 rings (SSSR count). The van der Waals surface area contributed by atoms with Crippen LogP contribution in [0.4, 0.5) is 0 Å². The van der Waals surface area contributed by atoms with E-state index in [0.29, 0.717) is 0 Å². The fraction of sp³-hybridized carbons (Fsp3) is 0.600. The van der Waals surface area contributed by atoms with Crippen molar-refractivity contribution in [2.45, 2.75) is 0 Å². The summed E-state index contributed by atoms with van der Waals surface area (Å²) >= 11 is 0. The predicted molar refractivity (Wildman–Crippen MR) is 38.9 cm³/mol. The van der Waals surface area contributed by atoms with Gasteiger partial charge in [0.25, 0.3) is 0 Å². The van der Waals surface area contributed by atoms with Crippen molar-refractivity contribution >= 4 is 24.6 Å². The van der Waals surface area contributed by atoms with Gasteiger partial charge in [0.2, 0.25) is 0 Å². The molecule has 0 aromatic rings. The first kappa shape index (κ1) is 12.1. The maximum Gasteiger partial charge on any atom is 0.332 e. The van der Waals surface area contributed by atoms with Gasteiger partial charge >= 0.3 is 5.97 Å².